The van der Waals surface area contributed by atoms with Crippen LogP contribution in [0.25, 0.3) is 10.8 Å². The Kier molecular flexibility index (Phi) is 7.09. The van der Waals surface area contributed by atoms with Crippen molar-refractivity contribution in [1.29, 1.82) is 0 Å². The standard InChI is InChI=1S/C20H27N3O3S.ClH/c1-20(2)14-23(12-10-18(20)21)19(24)9-11-22-27(25,26)17-8-7-15-5-3-4-6-16(15)13-17;/h3-8,13,18,22H,9-12,14,21H2,1-2H3;1H. The average molecular weight is 426 g/mol. The van der Waals surface area contributed by atoms with Crippen molar-refractivity contribution in [3.05, 3.63) is 42.5 Å². The van der Waals surface area contributed by atoms with E-state index in [4.69, 9.17) is 5.73 Å². The molecule has 0 radical (unpaired) electrons. The van der Waals surface area contributed by atoms with Gasteiger partial charge in [-0.05, 0) is 34.7 Å². The molecule has 3 N–H and O–H groups in total. The Balaban J connectivity index is 0.00000280. The molecule has 3 rings (SSSR count). The van der Waals surface area contributed by atoms with E-state index in [-0.39, 0.29) is 47.6 Å². The minimum atomic E-state index is -3.65. The first-order chi connectivity index (χ1) is 12.7. The first-order valence-electron chi connectivity index (χ1n) is 9.21. The molecule has 0 aromatic heterocycles. The maximum atomic E-state index is 12.5. The van der Waals surface area contributed by atoms with E-state index in [1.807, 2.05) is 24.3 Å². The molecule has 1 atom stereocenters. The van der Waals surface area contributed by atoms with Crippen molar-refractivity contribution in [2.75, 3.05) is 19.6 Å². The molecule has 1 unspecified atom stereocenters. The van der Waals surface area contributed by atoms with Crippen molar-refractivity contribution >= 4 is 39.1 Å². The lowest BCUT2D eigenvalue weighted by atomic mass is 9.79. The molecular formula is C20H28ClN3O3S. The number of hydrogen-bond donors (Lipinski definition) is 2. The van der Waals surface area contributed by atoms with E-state index in [2.05, 4.69) is 18.6 Å². The third-order valence-electron chi connectivity index (χ3n) is 5.33. The highest BCUT2D eigenvalue weighted by Gasteiger charge is 2.35. The maximum Gasteiger partial charge on any atom is 0.240 e. The summed E-state index contributed by atoms with van der Waals surface area (Å²) >= 11 is 0. The van der Waals surface area contributed by atoms with Gasteiger partial charge in [0.1, 0.15) is 0 Å². The van der Waals surface area contributed by atoms with Crippen LogP contribution < -0.4 is 10.5 Å². The van der Waals surface area contributed by atoms with Crippen LogP contribution in [0.5, 0.6) is 0 Å². The molecule has 1 heterocycles. The molecule has 0 bridgehead atoms. The molecule has 154 valence electrons. The molecule has 2 aromatic rings. The second-order valence-corrected chi connectivity index (χ2v) is 9.62. The molecule has 0 spiro atoms. The van der Waals surface area contributed by atoms with Crippen LogP contribution in [-0.4, -0.2) is 44.9 Å². The van der Waals surface area contributed by atoms with Crippen LogP contribution in [0.15, 0.2) is 47.4 Å². The van der Waals surface area contributed by atoms with Gasteiger partial charge in [-0.2, -0.15) is 0 Å². The van der Waals surface area contributed by atoms with Crippen LogP contribution in [0.4, 0.5) is 0 Å². The molecule has 6 nitrogen and oxygen atoms in total. The maximum absolute atomic E-state index is 12.5. The summed E-state index contributed by atoms with van der Waals surface area (Å²) in [4.78, 5) is 14.4. The largest absolute Gasteiger partial charge is 0.342 e. The average Bonchev–Trinajstić information content (AvgIpc) is 2.63. The van der Waals surface area contributed by atoms with Crippen molar-refractivity contribution in [2.24, 2.45) is 11.1 Å². The van der Waals surface area contributed by atoms with Gasteiger partial charge in [-0.3, -0.25) is 4.79 Å². The van der Waals surface area contributed by atoms with Crippen molar-refractivity contribution < 1.29 is 13.2 Å². The topological polar surface area (TPSA) is 92.5 Å². The fourth-order valence-electron chi connectivity index (χ4n) is 3.46. The Morgan fingerprint density at radius 1 is 1.21 bits per heavy atom. The molecule has 8 heteroatoms. The van der Waals surface area contributed by atoms with Gasteiger partial charge in [-0.1, -0.05) is 44.2 Å². The number of carbonyl (C=O) groups is 1. The number of hydrogen-bond acceptors (Lipinski definition) is 4. The zero-order chi connectivity index (χ0) is 19.7. The van der Waals surface area contributed by atoms with Crippen LogP contribution in [0.1, 0.15) is 26.7 Å². The number of nitrogens with two attached hydrogens (primary N) is 1. The molecule has 1 amide bonds. The molecule has 1 fully saturated rings. The predicted molar refractivity (Wildman–Crippen MR) is 114 cm³/mol. The first kappa shape index (κ1) is 22.6. The lowest BCUT2D eigenvalue weighted by Crippen LogP contribution is -2.54. The lowest BCUT2D eigenvalue weighted by Gasteiger charge is -2.42. The Hall–Kier alpha value is -1.67. The van der Waals surface area contributed by atoms with E-state index >= 15 is 0 Å². The molecular weight excluding hydrogens is 398 g/mol. The van der Waals surface area contributed by atoms with Gasteiger partial charge in [0.05, 0.1) is 4.90 Å². The lowest BCUT2D eigenvalue weighted by molar-refractivity contribution is -0.134. The number of nitrogens with zero attached hydrogens (tertiary/aromatic N) is 1. The van der Waals surface area contributed by atoms with Crippen molar-refractivity contribution in [3.8, 4) is 0 Å². The molecule has 1 saturated heterocycles. The molecule has 28 heavy (non-hydrogen) atoms. The number of piperidine rings is 1. The van der Waals surface area contributed by atoms with Gasteiger partial charge in [-0.15, -0.1) is 12.4 Å². The minimum absolute atomic E-state index is 0. The molecule has 0 saturated carbocycles. The highest BCUT2D eigenvalue weighted by molar-refractivity contribution is 7.89. The summed E-state index contributed by atoms with van der Waals surface area (Å²) in [6, 6.07) is 12.7. The van der Waals surface area contributed by atoms with Crippen LogP contribution in [0.2, 0.25) is 0 Å². The number of halogens is 1. The summed E-state index contributed by atoms with van der Waals surface area (Å²) in [6.45, 7) is 5.42. The first-order valence-corrected chi connectivity index (χ1v) is 10.7. The number of benzene rings is 2. The van der Waals surface area contributed by atoms with Crippen LogP contribution in [0.3, 0.4) is 0 Å². The van der Waals surface area contributed by atoms with E-state index < -0.39 is 10.0 Å². The molecule has 1 aliphatic heterocycles. The van der Waals surface area contributed by atoms with E-state index in [1.54, 1.807) is 23.1 Å². The van der Waals surface area contributed by atoms with Crippen LogP contribution >= 0.6 is 12.4 Å². The van der Waals surface area contributed by atoms with Gasteiger partial charge in [-0.25, -0.2) is 13.1 Å². The fourth-order valence-corrected chi connectivity index (χ4v) is 4.52. The number of nitrogens with one attached hydrogen (secondary N) is 1. The Morgan fingerprint density at radius 3 is 2.57 bits per heavy atom. The summed E-state index contributed by atoms with van der Waals surface area (Å²) in [5.74, 6) is -0.0452. The van der Waals surface area contributed by atoms with E-state index in [9.17, 15) is 13.2 Å². The van der Waals surface area contributed by atoms with Crippen molar-refractivity contribution in [1.82, 2.24) is 9.62 Å². The fraction of sp³-hybridized carbons (Fsp3) is 0.450. The second-order valence-electron chi connectivity index (χ2n) is 7.86. The third kappa shape index (κ3) is 5.03. The highest BCUT2D eigenvalue weighted by Crippen LogP contribution is 2.28. The number of rotatable bonds is 5. The smallest absolute Gasteiger partial charge is 0.240 e. The quantitative estimate of drug-likeness (QED) is 0.769. The third-order valence-corrected chi connectivity index (χ3v) is 6.79. The number of carbonyl (C=O) groups excluding carboxylic acids is 1. The van der Waals surface area contributed by atoms with Crippen molar-refractivity contribution in [2.45, 2.75) is 37.6 Å². The van der Waals surface area contributed by atoms with E-state index in [1.165, 1.54) is 0 Å². The number of fused-ring (bicyclic) bond motifs is 1. The van der Waals surface area contributed by atoms with Gasteiger partial charge < -0.3 is 10.6 Å². The predicted octanol–water partition coefficient (Wildman–Crippen LogP) is 2.52. The van der Waals surface area contributed by atoms with Crippen molar-refractivity contribution in [3.63, 3.8) is 0 Å². The summed E-state index contributed by atoms with van der Waals surface area (Å²) in [5, 5.41) is 1.85. The summed E-state index contributed by atoms with van der Waals surface area (Å²) in [5.41, 5.74) is 5.98. The second kappa shape index (κ2) is 8.78. The Bertz CT molecular complexity index is 947. The van der Waals surface area contributed by atoms with Gasteiger partial charge in [0.15, 0.2) is 0 Å². The van der Waals surface area contributed by atoms with Crippen LogP contribution in [-0.2, 0) is 14.8 Å². The SMILES string of the molecule is CC1(C)CN(C(=O)CCNS(=O)(=O)c2ccc3ccccc3c2)CCC1N.Cl. The van der Waals surface area contributed by atoms with Gasteiger partial charge in [0.2, 0.25) is 15.9 Å². The van der Waals surface area contributed by atoms with E-state index in [0.29, 0.717) is 13.1 Å². The highest BCUT2D eigenvalue weighted by atomic mass is 35.5. The zero-order valence-corrected chi connectivity index (χ0v) is 17.9. The van der Waals surface area contributed by atoms with Gasteiger partial charge >= 0.3 is 0 Å². The summed E-state index contributed by atoms with van der Waals surface area (Å²) < 4.78 is 27.6. The van der Waals surface area contributed by atoms with Gasteiger partial charge in [0.25, 0.3) is 0 Å². The minimum Gasteiger partial charge on any atom is -0.342 e. The Labute approximate surface area is 172 Å². The zero-order valence-electron chi connectivity index (χ0n) is 16.2. The molecule has 2 aromatic carbocycles. The van der Waals surface area contributed by atoms with Gasteiger partial charge in [0, 0.05) is 32.1 Å². The number of amides is 1. The number of sulfonamides is 1. The molecule has 1 aliphatic rings. The molecule has 0 aliphatic carbocycles. The van der Waals surface area contributed by atoms with Crippen LogP contribution in [0, 0.1) is 5.41 Å². The Morgan fingerprint density at radius 2 is 1.89 bits per heavy atom. The monoisotopic (exact) mass is 425 g/mol. The van der Waals surface area contributed by atoms with E-state index in [0.717, 1.165) is 17.2 Å². The normalized spacial score (nSPS) is 19.2. The number of likely N-dealkylation sites (tertiary alicyclic amines) is 1. The summed E-state index contributed by atoms with van der Waals surface area (Å²) in [6.07, 6.45) is 0.902. The summed E-state index contributed by atoms with van der Waals surface area (Å²) in [7, 11) is -3.65.